The molecule has 5 rings (SSSR count). The first-order valence-electron chi connectivity index (χ1n) is 10.9. The summed E-state index contributed by atoms with van der Waals surface area (Å²) >= 11 is 0. The van der Waals surface area contributed by atoms with Crippen LogP contribution in [0.15, 0.2) is 49.1 Å². The number of nitrogens with zero attached hydrogens (tertiary/aromatic N) is 5. The molecule has 30 heavy (non-hydrogen) atoms. The number of aromatic nitrogens is 4. The smallest absolute Gasteiger partial charge is 0.0958 e. The molecule has 1 N–H and O–H groups in total. The number of fused-ring (bicyclic) bond motifs is 2. The van der Waals surface area contributed by atoms with Gasteiger partial charge >= 0.3 is 0 Å². The van der Waals surface area contributed by atoms with Crippen molar-refractivity contribution in [3.8, 4) is 11.3 Å². The SMILES string of the molecule is CNc1cc(-c2ccc3c(c2)ncn3CCCN2CCCCC2)nc2ccncc12. The standard InChI is InChI=1S/C24H28N6/c1-25-22-15-21(28-20-8-9-26-16-19(20)22)18-6-7-24-23(14-18)27-17-30(24)13-5-12-29-10-3-2-4-11-29/h6-9,14-17H,2-5,10-13H2,1H3,(H,25,28). The van der Waals surface area contributed by atoms with Gasteiger partial charge in [0.2, 0.25) is 0 Å². The van der Waals surface area contributed by atoms with E-state index in [0.29, 0.717) is 0 Å². The van der Waals surface area contributed by atoms with Gasteiger partial charge in [0.25, 0.3) is 0 Å². The molecule has 6 heteroatoms. The quantitative estimate of drug-likeness (QED) is 0.514. The van der Waals surface area contributed by atoms with Crippen LogP contribution in [0.2, 0.25) is 0 Å². The lowest BCUT2D eigenvalue weighted by atomic mass is 10.1. The van der Waals surface area contributed by atoms with E-state index in [1.54, 1.807) is 6.20 Å². The third kappa shape index (κ3) is 3.75. The van der Waals surface area contributed by atoms with Crippen LogP contribution in [-0.4, -0.2) is 51.1 Å². The molecule has 0 aliphatic carbocycles. The Kier molecular flexibility index (Phi) is 5.32. The lowest BCUT2D eigenvalue weighted by molar-refractivity contribution is 0.223. The number of rotatable bonds is 6. The van der Waals surface area contributed by atoms with E-state index in [2.05, 4.69) is 49.0 Å². The highest BCUT2D eigenvalue weighted by Gasteiger charge is 2.11. The van der Waals surface area contributed by atoms with E-state index in [0.717, 1.165) is 39.9 Å². The van der Waals surface area contributed by atoms with Gasteiger partial charge in [0.1, 0.15) is 0 Å². The zero-order valence-electron chi connectivity index (χ0n) is 17.5. The fourth-order valence-corrected chi connectivity index (χ4v) is 4.47. The van der Waals surface area contributed by atoms with Gasteiger partial charge in [-0.1, -0.05) is 12.5 Å². The predicted octanol–water partition coefficient (Wildman–Crippen LogP) is 4.56. The van der Waals surface area contributed by atoms with Gasteiger partial charge < -0.3 is 14.8 Å². The summed E-state index contributed by atoms with van der Waals surface area (Å²) in [5.41, 5.74) is 6.21. The second-order valence-electron chi connectivity index (χ2n) is 8.10. The largest absolute Gasteiger partial charge is 0.387 e. The van der Waals surface area contributed by atoms with Gasteiger partial charge in [-0.3, -0.25) is 4.98 Å². The van der Waals surface area contributed by atoms with Crippen LogP contribution >= 0.6 is 0 Å². The van der Waals surface area contributed by atoms with Crippen molar-refractivity contribution in [3.63, 3.8) is 0 Å². The highest BCUT2D eigenvalue weighted by atomic mass is 15.1. The number of anilines is 1. The summed E-state index contributed by atoms with van der Waals surface area (Å²) in [4.78, 5) is 16.3. The van der Waals surface area contributed by atoms with E-state index in [4.69, 9.17) is 4.98 Å². The minimum absolute atomic E-state index is 0.940. The second kappa shape index (κ2) is 8.40. The fraction of sp³-hybridized carbons (Fsp3) is 0.375. The first-order valence-corrected chi connectivity index (χ1v) is 10.9. The third-order valence-corrected chi connectivity index (χ3v) is 6.12. The number of aryl methyl sites for hydroxylation is 1. The molecule has 3 aromatic heterocycles. The predicted molar refractivity (Wildman–Crippen MR) is 123 cm³/mol. The molecule has 0 amide bonds. The Morgan fingerprint density at radius 1 is 1.00 bits per heavy atom. The summed E-state index contributed by atoms with van der Waals surface area (Å²) in [5.74, 6) is 0. The van der Waals surface area contributed by atoms with E-state index in [1.807, 2.05) is 25.6 Å². The van der Waals surface area contributed by atoms with Gasteiger partial charge in [0.05, 0.1) is 28.6 Å². The highest BCUT2D eigenvalue weighted by molar-refractivity contribution is 5.93. The number of likely N-dealkylation sites (tertiary alicyclic amines) is 1. The zero-order valence-corrected chi connectivity index (χ0v) is 17.5. The minimum atomic E-state index is 0.940. The van der Waals surface area contributed by atoms with Gasteiger partial charge in [-0.25, -0.2) is 9.97 Å². The van der Waals surface area contributed by atoms with Crippen molar-refractivity contribution in [1.29, 1.82) is 0 Å². The molecule has 1 fully saturated rings. The van der Waals surface area contributed by atoms with Crippen molar-refractivity contribution in [3.05, 3.63) is 49.1 Å². The Morgan fingerprint density at radius 2 is 1.90 bits per heavy atom. The molecule has 0 radical (unpaired) electrons. The summed E-state index contributed by atoms with van der Waals surface area (Å²) in [6.45, 7) is 4.72. The molecule has 0 unspecified atom stereocenters. The Balaban J connectivity index is 1.37. The first kappa shape index (κ1) is 19.0. The van der Waals surface area contributed by atoms with Gasteiger partial charge in [-0.05, 0) is 63.2 Å². The molecule has 6 nitrogen and oxygen atoms in total. The number of imidazole rings is 1. The van der Waals surface area contributed by atoms with Gasteiger partial charge in [-0.15, -0.1) is 0 Å². The molecule has 1 aromatic carbocycles. The van der Waals surface area contributed by atoms with Crippen LogP contribution in [0.3, 0.4) is 0 Å². The lowest BCUT2D eigenvalue weighted by Gasteiger charge is -2.26. The van der Waals surface area contributed by atoms with Crippen LogP contribution < -0.4 is 5.32 Å². The second-order valence-corrected chi connectivity index (χ2v) is 8.10. The van der Waals surface area contributed by atoms with Crippen molar-refractivity contribution < 1.29 is 0 Å². The molecule has 0 bridgehead atoms. The summed E-state index contributed by atoms with van der Waals surface area (Å²) in [6.07, 6.45) is 10.9. The average molecular weight is 401 g/mol. The van der Waals surface area contributed by atoms with E-state index in [1.165, 1.54) is 50.8 Å². The van der Waals surface area contributed by atoms with E-state index in [-0.39, 0.29) is 0 Å². The zero-order chi connectivity index (χ0) is 20.3. The highest BCUT2D eigenvalue weighted by Crippen LogP contribution is 2.29. The van der Waals surface area contributed by atoms with Crippen LogP contribution in [0, 0.1) is 0 Å². The molecule has 154 valence electrons. The average Bonchev–Trinajstić information content (AvgIpc) is 3.21. The van der Waals surface area contributed by atoms with Crippen molar-refractivity contribution in [2.45, 2.75) is 32.2 Å². The number of piperidine rings is 1. The van der Waals surface area contributed by atoms with E-state index in [9.17, 15) is 0 Å². The van der Waals surface area contributed by atoms with Crippen LogP contribution in [0.25, 0.3) is 33.2 Å². The Morgan fingerprint density at radius 3 is 2.77 bits per heavy atom. The molecule has 0 atom stereocenters. The molecule has 0 spiro atoms. The molecule has 1 aliphatic rings. The molecule has 4 heterocycles. The van der Waals surface area contributed by atoms with Crippen molar-refractivity contribution in [1.82, 2.24) is 24.4 Å². The first-order chi connectivity index (χ1) is 14.8. The maximum absolute atomic E-state index is 4.85. The number of pyridine rings is 2. The molecular weight excluding hydrogens is 372 g/mol. The van der Waals surface area contributed by atoms with E-state index >= 15 is 0 Å². The summed E-state index contributed by atoms with van der Waals surface area (Å²) in [5, 5.41) is 4.30. The topological polar surface area (TPSA) is 58.9 Å². The van der Waals surface area contributed by atoms with Crippen LogP contribution in [-0.2, 0) is 6.54 Å². The minimum Gasteiger partial charge on any atom is -0.387 e. The van der Waals surface area contributed by atoms with Crippen molar-refractivity contribution in [2.75, 3.05) is 32.0 Å². The molecule has 1 aliphatic heterocycles. The third-order valence-electron chi connectivity index (χ3n) is 6.12. The molecule has 0 saturated carbocycles. The Bertz CT molecular complexity index is 1160. The van der Waals surface area contributed by atoms with Crippen molar-refractivity contribution in [2.24, 2.45) is 0 Å². The van der Waals surface area contributed by atoms with Crippen LogP contribution in [0.5, 0.6) is 0 Å². The van der Waals surface area contributed by atoms with Gasteiger partial charge in [-0.2, -0.15) is 0 Å². The molecule has 1 saturated heterocycles. The normalized spacial score (nSPS) is 15.1. The number of benzene rings is 1. The Labute approximate surface area is 177 Å². The van der Waals surface area contributed by atoms with Gasteiger partial charge in [0, 0.05) is 42.6 Å². The Hall–Kier alpha value is -2.99. The number of nitrogens with one attached hydrogen (secondary N) is 1. The summed E-state index contributed by atoms with van der Waals surface area (Å²) in [7, 11) is 1.93. The van der Waals surface area contributed by atoms with Crippen molar-refractivity contribution >= 4 is 27.6 Å². The number of hydrogen-bond donors (Lipinski definition) is 1. The monoisotopic (exact) mass is 400 g/mol. The molecule has 4 aromatic rings. The van der Waals surface area contributed by atoms with Crippen LogP contribution in [0.1, 0.15) is 25.7 Å². The summed E-state index contributed by atoms with van der Waals surface area (Å²) < 4.78 is 2.28. The van der Waals surface area contributed by atoms with Gasteiger partial charge in [0.15, 0.2) is 0 Å². The number of hydrogen-bond acceptors (Lipinski definition) is 5. The lowest BCUT2D eigenvalue weighted by Crippen LogP contribution is -2.31. The maximum Gasteiger partial charge on any atom is 0.0958 e. The van der Waals surface area contributed by atoms with Crippen LogP contribution in [0.4, 0.5) is 5.69 Å². The van der Waals surface area contributed by atoms with E-state index < -0.39 is 0 Å². The fourth-order valence-electron chi connectivity index (χ4n) is 4.47. The maximum atomic E-state index is 4.85. The molecular formula is C24H28N6. The summed E-state index contributed by atoms with van der Waals surface area (Å²) in [6, 6.07) is 10.5.